The first kappa shape index (κ1) is 18.3. The van der Waals surface area contributed by atoms with E-state index in [1.54, 1.807) is 24.3 Å². The van der Waals surface area contributed by atoms with E-state index in [2.05, 4.69) is 31.5 Å². The van der Waals surface area contributed by atoms with Crippen molar-refractivity contribution in [3.05, 3.63) is 42.4 Å². The number of rotatable bonds is 5. The minimum absolute atomic E-state index is 0.0364. The summed E-state index contributed by atoms with van der Waals surface area (Å²) >= 11 is 1.63. The Balaban J connectivity index is 1.13. The van der Waals surface area contributed by atoms with Gasteiger partial charge >= 0.3 is 0 Å². The van der Waals surface area contributed by atoms with Crippen molar-refractivity contribution < 1.29 is 9.90 Å². The number of aromatic amines is 1. The number of aromatic nitrogens is 4. The van der Waals surface area contributed by atoms with Crippen molar-refractivity contribution in [3.63, 3.8) is 0 Å². The second kappa shape index (κ2) is 6.78. The third kappa shape index (κ3) is 2.77. The highest BCUT2D eigenvalue weighted by Gasteiger charge is 2.72. The van der Waals surface area contributed by atoms with Crippen molar-refractivity contribution in [2.45, 2.75) is 42.6 Å². The van der Waals surface area contributed by atoms with Gasteiger partial charge in [0.05, 0.1) is 17.7 Å². The average molecular weight is 422 g/mol. The number of carbonyl (C=O) groups excluding carboxylic acids is 1. The Labute approximate surface area is 178 Å². The van der Waals surface area contributed by atoms with Crippen molar-refractivity contribution in [2.75, 3.05) is 5.32 Å². The number of thioether (sulfide) groups is 1. The van der Waals surface area contributed by atoms with Gasteiger partial charge < -0.3 is 10.4 Å². The summed E-state index contributed by atoms with van der Waals surface area (Å²) in [4.78, 5) is 21.5. The van der Waals surface area contributed by atoms with Crippen LogP contribution < -0.4 is 5.32 Å². The number of H-pyrrole nitrogens is 1. The van der Waals surface area contributed by atoms with E-state index < -0.39 is 0 Å². The molecule has 8 heteroatoms. The zero-order valence-electron chi connectivity index (χ0n) is 16.4. The molecule has 1 aromatic carbocycles. The van der Waals surface area contributed by atoms with Gasteiger partial charge in [0.2, 0.25) is 5.91 Å². The van der Waals surface area contributed by atoms with E-state index in [9.17, 15) is 9.90 Å². The number of aliphatic hydroxyl groups excluding tert-OH is 1. The Kier molecular flexibility index (Phi) is 4.14. The number of carbonyl (C=O) groups is 1. The van der Waals surface area contributed by atoms with Crippen LogP contribution in [-0.4, -0.2) is 37.3 Å². The summed E-state index contributed by atoms with van der Waals surface area (Å²) in [6.07, 6.45) is 6.96. The number of aliphatic hydroxyl groups is 1. The molecule has 2 heterocycles. The van der Waals surface area contributed by atoms with Gasteiger partial charge in [0.25, 0.3) is 0 Å². The smallest absolute Gasteiger partial charge is 0.227 e. The predicted octanol–water partition coefficient (Wildman–Crippen LogP) is 3.38. The van der Waals surface area contributed by atoms with Gasteiger partial charge in [-0.2, -0.15) is 5.10 Å². The van der Waals surface area contributed by atoms with Crippen LogP contribution in [0.3, 0.4) is 0 Å². The van der Waals surface area contributed by atoms with Gasteiger partial charge in [0, 0.05) is 22.8 Å². The molecule has 3 fully saturated rings. The molecule has 30 heavy (non-hydrogen) atoms. The van der Waals surface area contributed by atoms with Gasteiger partial charge in [-0.3, -0.25) is 9.89 Å². The molecule has 3 aliphatic rings. The van der Waals surface area contributed by atoms with E-state index in [-0.39, 0.29) is 23.3 Å². The van der Waals surface area contributed by atoms with Crippen molar-refractivity contribution in [2.24, 2.45) is 23.2 Å². The number of hydrogen-bond acceptors (Lipinski definition) is 6. The quantitative estimate of drug-likeness (QED) is 0.431. The number of amides is 1. The third-order valence-electron chi connectivity index (χ3n) is 7.40. The van der Waals surface area contributed by atoms with Crippen LogP contribution in [0.1, 0.15) is 31.2 Å². The molecule has 3 N–H and O–H groups in total. The lowest BCUT2D eigenvalue weighted by molar-refractivity contribution is -0.121. The molecule has 154 valence electrons. The summed E-state index contributed by atoms with van der Waals surface area (Å²) in [7, 11) is 0. The summed E-state index contributed by atoms with van der Waals surface area (Å²) < 4.78 is 0. The molecule has 6 rings (SSSR count). The number of nitrogens with zero attached hydrogens (tertiary/aromatic N) is 3. The number of anilines is 1. The standard InChI is InChI=1S/C22H23N5O2S/c28-18-5-4-17-15(7-13-8-22(13,17)18)20(29)26-14-3-1-2-12(6-14)10-30-21-16-9-25-27-19(16)23-11-24-21/h1-3,6,9,11,13,15,17-18,28H,4-5,7-8,10H2,(H,26,29)(H,23,24,25,27)/t13-,15?,17+,18?,22?/m0/s1. The van der Waals surface area contributed by atoms with Crippen molar-refractivity contribution >= 4 is 34.4 Å². The van der Waals surface area contributed by atoms with E-state index >= 15 is 0 Å². The number of hydrogen-bond donors (Lipinski definition) is 3. The largest absolute Gasteiger partial charge is 0.393 e. The van der Waals surface area contributed by atoms with E-state index in [1.807, 2.05) is 18.2 Å². The first-order valence-electron chi connectivity index (χ1n) is 10.5. The summed E-state index contributed by atoms with van der Waals surface area (Å²) in [6.45, 7) is 0. The molecule has 5 atom stereocenters. The molecule has 0 saturated heterocycles. The number of nitrogens with one attached hydrogen (secondary N) is 2. The molecule has 1 spiro atoms. The molecule has 3 saturated carbocycles. The normalized spacial score (nSPS) is 31.5. The maximum atomic E-state index is 13.0. The Morgan fingerprint density at radius 1 is 1.33 bits per heavy atom. The number of benzene rings is 1. The Morgan fingerprint density at radius 3 is 3.20 bits per heavy atom. The highest BCUT2D eigenvalue weighted by Crippen LogP contribution is 2.74. The molecule has 3 aliphatic carbocycles. The van der Waals surface area contributed by atoms with Crippen molar-refractivity contribution in [3.8, 4) is 0 Å². The zero-order chi connectivity index (χ0) is 20.3. The van der Waals surface area contributed by atoms with E-state index in [1.165, 1.54) is 0 Å². The first-order chi connectivity index (χ1) is 14.6. The van der Waals surface area contributed by atoms with Crippen LogP contribution in [0.25, 0.3) is 11.0 Å². The van der Waals surface area contributed by atoms with Crippen LogP contribution in [0.15, 0.2) is 41.8 Å². The molecule has 2 aromatic heterocycles. The van der Waals surface area contributed by atoms with Gasteiger partial charge in [-0.05, 0) is 55.2 Å². The molecule has 0 bridgehead atoms. The van der Waals surface area contributed by atoms with E-state index in [4.69, 9.17) is 0 Å². The minimum atomic E-state index is -0.200. The molecule has 0 radical (unpaired) electrons. The van der Waals surface area contributed by atoms with Crippen LogP contribution in [0.2, 0.25) is 0 Å². The van der Waals surface area contributed by atoms with Gasteiger partial charge in [0.1, 0.15) is 11.4 Å². The summed E-state index contributed by atoms with van der Waals surface area (Å²) in [5.41, 5.74) is 2.76. The first-order valence-corrected chi connectivity index (χ1v) is 11.5. The second-order valence-electron chi connectivity index (χ2n) is 8.84. The maximum Gasteiger partial charge on any atom is 0.227 e. The highest BCUT2D eigenvalue weighted by atomic mass is 32.2. The van der Waals surface area contributed by atoms with E-state index in [0.29, 0.717) is 11.8 Å². The maximum absolute atomic E-state index is 13.0. The second-order valence-corrected chi connectivity index (χ2v) is 9.81. The van der Waals surface area contributed by atoms with Gasteiger partial charge in [-0.1, -0.05) is 12.1 Å². The van der Waals surface area contributed by atoms with Crippen LogP contribution in [0.5, 0.6) is 0 Å². The monoisotopic (exact) mass is 421 g/mol. The fourth-order valence-corrected chi connectivity index (χ4v) is 6.88. The fraction of sp³-hybridized carbons (Fsp3) is 0.455. The Hall–Kier alpha value is -2.45. The third-order valence-corrected chi connectivity index (χ3v) is 8.48. The molecule has 0 aliphatic heterocycles. The average Bonchev–Trinajstić information content (AvgIpc) is 3.06. The molecule has 1 amide bonds. The zero-order valence-corrected chi connectivity index (χ0v) is 17.2. The van der Waals surface area contributed by atoms with Crippen molar-refractivity contribution in [1.29, 1.82) is 0 Å². The van der Waals surface area contributed by atoms with Crippen LogP contribution >= 0.6 is 11.8 Å². The molecule has 3 aromatic rings. The summed E-state index contributed by atoms with van der Waals surface area (Å²) in [6, 6.07) is 8.02. The van der Waals surface area contributed by atoms with Crippen LogP contribution in [0.4, 0.5) is 5.69 Å². The van der Waals surface area contributed by atoms with Gasteiger partial charge in [0.15, 0.2) is 5.65 Å². The SMILES string of the molecule is O=C(Nc1cccc(CSc2ncnc3[nH]ncc23)c1)C1C[C@H]2CC23C(O)CC[C@H]13. The lowest BCUT2D eigenvalue weighted by atomic mass is 9.85. The van der Waals surface area contributed by atoms with Gasteiger partial charge in [-0.15, -0.1) is 11.8 Å². The van der Waals surface area contributed by atoms with Crippen LogP contribution in [-0.2, 0) is 10.5 Å². The van der Waals surface area contributed by atoms with Gasteiger partial charge in [-0.25, -0.2) is 9.97 Å². The fourth-order valence-electron chi connectivity index (χ4n) is 5.97. The predicted molar refractivity (Wildman–Crippen MR) is 114 cm³/mol. The van der Waals surface area contributed by atoms with Crippen LogP contribution in [0, 0.1) is 23.2 Å². The molecule has 3 unspecified atom stereocenters. The van der Waals surface area contributed by atoms with Crippen molar-refractivity contribution in [1.82, 2.24) is 20.2 Å². The molecular formula is C22H23N5O2S. The Morgan fingerprint density at radius 2 is 2.27 bits per heavy atom. The lowest BCUT2D eigenvalue weighted by Gasteiger charge is -2.23. The summed E-state index contributed by atoms with van der Waals surface area (Å²) in [5.74, 6) is 1.79. The topological polar surface area (TPSA) is 104 Å². The van der Waals surface area contributed by atoms with E-state index in [0.717, 1.165) is 58.7 Å². The number of fused-ring (bicyclic) bond motifs is 1. The Bertz CT molecular complexity index is 1130. The summed E-state index contributed by atoms with van der Waals surface area (Å²) in [5, 5.41) is 22.2. The minimum Gasteiger partial charge on any atom is -0.393 e. The highest BCUT2D eigenvalue weighted by molar-refractivity contribution is 7.98. The molecule has 7 nitrogen and oxygen atoms in total. The lowest BCUT2D eigenvalue weighted by Crippen LogP contribution is -2.30. The molecular weight excluding hydrogens is 398 g/mol.